The lowest BCUT2D eigenvalue weighted by molar-refractivity contribution is 0.0897. The third-order valence-electron chi connectivity index (χ3n) is 3.38. The summed E-state index contributed by atoms with van der Waals surface area (Å²) in [6, 6.07) is 13.0. The molecular weight excluding hydrogens is 337 g/mol. The second kappa shape index (κ2) is 7.77. The summed E-state index contributed by atoms with van der Waals surface area (Å²) < 4.78 is 17.1. The minimum absolute atomic E-state index is 0.0196. The molecule has 0 fully saturated rings. The average Bonchev–Trinajstić information content (AvgIpc) is 2.57. The topological polar surface area (TPSA) is 39.7 Å². The first-order valence-corrected chi connectivity index (χ1v) is 8.15. The van der Waals surface area contributed by atoms with E-state index in [9.17, 15) is 0 Å². The highest BCUT2D eigenvalue weighted by molar-refractivity contribution is 6.37. The summed E-state index contributed by atoms with van der Waals surface area (Å²) in [5, 5.41) is 4.30. The number of hydrogen-bond donors (Lipinski definition) is 1. The van der Waals surface area contributed by atoms with E-state index in [0.717, 1.165) is 11.5 Å². The van der Waals surface area contributed by atoms with Crippen molar-refractivity contribution in [3.05, 3.63) is 52.5 Å². The molecule has 1 N–H and O–H groups in total. The summed E-state index contributed by atoms with van der Waals surface area (Å²) in [4.78, 5) is 0. The van der Waals surface area contributed by atoms with Gasteiger partial charge >= 0.3 is 0 Å². The minimum atomic E-state index is -0.0196. The molecule has 1 aliphatic rings. The monoisotopic (exact) mass is 353 g/mol. The van der Waals surface area contributed by atoms with Crippen molar-refractivity contribution in [1.29, 1.82) is 0 Å². The van der Waals surface area contributed by atoms with Gasteiger partial charge in [0.25, 0.3) is 0 Å². The first-order valence-electron chi connectivity index (χ1n) is 7.40. The zero-order valence-corrected chi connectivity index (χ0v) is 13.9. The maximum absolute atomic E-state index is 6.05. The number of para-hydroxylation sites is 3. The second-order valence-corrected chi connectivity index (χ2v) is 5.92. The second-order valence-electron chi connectivity index (χ2n) is 5.10. The summed E-state index contributed by atoms with van der Waals surface area (Å²) in [5.74, 6) is 2.09. The van der Waals surface area contributed by atoms with Gasteiger partial charge < -0.3 is 19.5 Å². The molecule has 0 spiro atoms. The van der Waals surface area contributed by atoms with E-state index in [4.69, 9.17) is 37.4 Å². The smallest absolute Gasteiger partial charge is 0.161 e. The predicted molar refractivity (Wildman–Crippen MR) is 91.2 cm³/mol. The predicted octanol–water partition coefficient (Wildman–Crippen LogP) is 3.80. The molecule has 3 rings (SSSR count). The molecule has 1 aliphatic heterocycles. The fraction of sp³-hybridized carbons (Fsp3) is 0.294. The first-order chi connectivity index (χ1) is 11.2. The Labute approximate surface area is 145 Å². The molecule has 23 heavy (non-hydrogen) atoms. The van der Waals surface area contributed by atoms with Crippen molar-refractivity contribution in [2.45, 2.75) is 6.10 Å². The Kier molecular flexibility index (Phi) is 5.49. The summed E-state index contributed by atoms with van der Waals surface area (Å²) in [7, 11) is 0. The maximum Gasteiger partial charge on any atom is 0.161 e. The molecule has 0 saturated carbocycles. The van der Waals surface area contributed by atoms with Gasteiger partial charge in [0, 0.05) is 13.1 Å². The molecule has 0 unspecified atom stereocenters. The van der Waals surface area contributed by atoms with Gasteiger partial charge in [-0.25, -0.2) is 0 Å². The zero-order valence-electron chi connectivity index (χ0n) is 12.4. The lowest BCUT2D eigenvalue weighted by Gasteiger charge is -2.26. The van der Waals surface area contributed by atoms with Gasteiger partial charge in [0.1, 0.15) is 19.3 Å². The van der Waals surface area contributed by atoms with E-state index in [1.165, 1.54) is 0 Å². The maximum atomic E-state index is 6.05. The molecule has 0 aromatic heterocycles. The summed E-state index contributed by atoms with van der Waals surface area (Å²) >= 11 is 12.1. The van der Waals surface area contributed by atoms with E-state index < -0.39 is 0 Å². The van der Waals surface area contributed by atoms with Crippen molar-refractivity contribution in [1.82, 2.24) is 5.32 Å². The molecule has 122 valence electrons. The molecule has 1 atom stereocenters. The van der Waals surface area contributed by atoms with Gasteiger partial charge in [0.05, 0.1) is 10.0 Å². The average molecular weight is 354 g/mol. The van der Waals surface area contributed by atoms with Crippen molar-refractivity contribution in [3.8, 4) is 17.2 Å². The lowest BCUT2D eigenvalue weighted by Crippen LogP contribution is -2.39. The standard InChI is InChI=1S/C17H17Cl2NO3/c18-13-4-3-5-14(19)17(13)21-9-8-20-10-12-11-22-15-6-1-2-7-16(15)23-12/h1-7,12,20H,8-11H2/t12-/m1/s1. The van der Waals surface area contributed by atoms with Crippen LogP contribution in [-0.2, 0) is 0 Å². The van der Waals surface area contributed by atoms with Crippen molar-refractivity contribution in [3.63, 3.8) is 0 Å². The van der Waals surface area contributed by atoms with E-state index in [0.29, 0.717) is 42.1 Å². The molecule has 1 heterocycles. The fourth-order valence-electron chi connectivity index (χ4n) is 2.27. The van der Waals surface area contributed by atoms with Crippen molar-refractivity contribution >= 4 is 23.2 Å². The van der Waals surface area contributed by atoms with Crippen LogP contribution in [-0.4, -0.2) is 32.4 Å². The molecule has 2 aromatic carbocycles. The minimum Gasteiger partial charge on any atom is -0.489 e. The zero-order chi connectivity index (χ0) is 16.1. The largest absolute Gasteiger partial charge is 0.489 e. The Morgan fingerprint density at radius 2 is 1.78 bits per heavy atom. The fourth-order valence-corrected chi connectivity index (χ4v) is 2.78. The molecule has 6 heteroatoms. The van der Waals surface area contributed by atoms with Gasteiger partial charge in [-0.15, -0.1) is 0 Å². The normalized spacial score (nSPS) is 16.2. The molecule has 4 nitrogen and oxygen atoms in total. The quantitative estimate of drug-likeness (QED) is 0.801. The Bertz CT molecular complexity index is 646. The van der Waals surface area contributed by atoms with Crippen molar-refractivity contribution < 1.29 is 14.2 Å². The number of ether oxygens (including phenoxy) is 3. The van der Waals surface area contributed by atoms with Crippen LogP contribution in [0.15, 0.2) is 42.5 Å². The van der Waals surface area contributed by atoms with E-state index in [1.54, 1.807) is 18.2 Å². The van der Waals surface area contributed by atoms with Crippen LogP contribution in [0.2, 0.25) is 10.0 Å². The van der Waals surface area contributed by atoms with Crippen LogP contribution < -0.4 is 19.5 Å². The number of nitrogens with one attached hydrogen (secondary N) is 1. The highest BCUT2D eigenvalue weighted by atomic mass is 35.5. The van der Waals surface area contributed by atoms with E-state index in [2.05, 4.69) is 5.32 Å². The van der Waals surface area contributed by atoms with Crippen LogP contribution in [0.4, 0.5) is 0 Å². The third kappa shape index (κ3) is 4.22. The Hall–Kier alpha value is -1.62. The third-order valence-corrected chi connectivity index (χ3v) is 3.98. The number of rotatable bonds is 6. The molecule has 0 amide bonds. The van der Waals surface area contributed by atoms with Gasteiger partial charge in [-0.2, -0.15) is 0 Å². The number of fused-ring (bicyclic) bond motifs is 1. The van der Waals surface area contributed by atoms with Crippen molar-refractivity contribution in [2.24, 2.45) is 0 Å². The summed E-state index contributed by atoms with van der Waals surface area (Å²) in [6.07, 6.45) is -0.0196. The van der Waals surface area contributed by atoms with Gasteiger partial charge in [0.15, 0.2) is 17.2 Å². The van der Waals surface area contributed by atoms with Gasteiger partial charge in [-0.3, -0.25) is 0 Å². The summed E-state index contributed by atoms with van der Waals surface area (Å²) in [6.45, 7) is 2.33. The van der Waals surface area contributed by atoms with Gasteiger partial charge in [0.2, 0.25) is 0 Å². The molecule has 0 radical (unpaired) electrons. The highest BCUT2D eigenvalue weighted by Crippen LogP contribution is 2.32. The summed E-state index contributed by atoms with van der Waals surface area (Å²) in [5.41, 5.74) is 0. The number of halogens is 2. The molecule has 0 saturated heterocycles. The van der Waals surface area contributed by atoms with Gasteiger partial charge in [-0.05, 0) is 24.3 Å². The van der Waals surface area contributed by atoms with Crippen molar-refractivity contribution in [2.75, 3.05) is 26.3 Å². The SMILES string of the molecule is Clc1cccc(Cl)c1OCCNC[C@@H]1COc2ccccc2O1. The van der Waals surface area contributed by atoms with Crippen LogP contribution in [0.1, 0.15) is 0 Å². The molecule has 0 aliphatic carbocycles. The van der Waals surface area contributed by atoms with E-state index in [1.807, 2.05) is 24.3 Å². The number of benzene rings is 2. The Morgan fingerprint density at radius 1 is 1.04 bits per heavy atom. The van der Waals surface area contributed by atoms with E-state index in [-0.39, 0.29) is 6.10 Å². The Balaban J connectivity index is 1.39. The first kappa shape index (κ1) is 16.2. The van der Waals surface area contributed by atoms with Crippen LogP contribution in [0.25, 0.3) is 0 Å². The molecular formula is C17H17Cl2NO3. The molecule has 0 bridgehead atoms. The lowest BCUT2D eigenvalue weighted by atomic mass is 10.2. The van der Waals surface area contributed by atoms with Crippen LogP contribution in [0.5, 0.6) is 17.2 Å². The van der Waals surface area contributed by atoms with E-state index >= 15 is 0 Å². The Morgan fingerprint density at radius 3 is 2.57 bits per heavy atom. The number of hydrogen-bond acceptors (Lipinski definition) is 4. The van der Waals surface area contributed by atoms with Gasteiger partial charge in [-0.1, -0.05) is 41.4 Å². The molecule has 2 aromatic rings. The van der Waals surface area contributed by atoms with Crippen LogP contribution in [0.3, 0.4) is 0 Å². The van der Waals surface area contributed by atoms with Crippen LogP contribution in [0, 0.1) is 0 Å². The van der Waals surface area contributed by atoms with Crippen LogP contribution >= 0.6 is 23.2 Å². The highest BCUT2D eigenvalue weighted by Gasteiger charge is 2.19.